The van der Waals surface area contributed by atoms with E-state index in [4.69, 9.17) is 9.47 Å². The van der Waals surface area contributed by atoms with Crippen LogP contribution in [0.3, 0.4) is 0 Å². The molecule has 0 radical (unpaired) electrons. The molecule has 2 aromatic rings. The summed E-state index contributed by atoms with van der Waals surface area (Å²) in [4.78, 5) is 16.0. The minimum Gasteiger partial charge on any atom is -0.497 e. The van der Waals surface area contributed by atoms with Crippen LogP contribution in [0.15, 0.2) is 42.5 Å². The van der Waals surface area contributed by atoms with Gasteiger partial charge in [0.05, 0.1) is 34.9 Å². The molecule has 0 unspecified atom stereocenters. The van der Waals surface area contributed by atoms with E-state index < -0.39 is 0 Å². The summed E-state index contributed by atoms with van der Waals surface area (Å²) < 4.78 is 10.5. The molecule has 2 rings (SSSR count). The Morgan fingerprint density at radius 3 is 2.04 bits per heavy atom. The quantitative estimate of drug-likeness (QED) is 0.735. The second kappa shape index (κ2) is 9.28. The number of nitrogens with one attached hydrogen (secondary N) is 2. The number of likely N-dealkylation sites (N-methyl/N-ethyl adjacent to an activating group) is 1. The minimum atomic E-state index is -0.150. The minimum absolute atomic E-state index is 0.150. The Bertz CT molecular complexity index is 736. The number of carbonyl (C=O) groups excluding carboxylic acids is 1. The molecule has 0 aliphatic carbocycles. The first kappa shape index (κ1) is 20.6. The van der Waals surface area contributed by atoms with E-state index in [1.807, 2.05) is 14.1 Å². The van der Waals surface area contributed by atoms with Crippen molar-refractivity contribution < 1.29 is 19.2 Å². The van der Waals surface area contributed by atoms with Crippen molar-refractivity contribution in [2.45, 2.75) is 6.04 Å². The zero-order valence-corrected chi connectivity index (χ0v) is 17.0. The predicted molar refractivity (Wildman–Crippen MR) is 108 cm³/mol. The molecular weight excluding hydrogens is 342 g/mol. The lowest BCUT2D eigenvalue weighted by Crippen LogP contribution is -3.07. The van der Waals surface area contributed by atoms with Crippen molar-refractivity contribution in [2.75, 3.05) is 53.9 Å². The van der Waals surface area contributed by atoms with Gasteiger partial charge < -0.3 is 24.6 Å². The number of anilines is 1. The van der Waals surface area contributed by atoms with E-state index in [1.165, 1.54) is 10.5 Å². The summed E-state index contributed by atoms with van der Waals surface area (Å²) in [5.41, 5.74) is 2.85. The van der Waals surface area contributed by atoms with Gasteiger partial charge in [-0.3, -0.25) is 4.79 Å². The summed E-state index contributed by atoms with van der Waals surface area (Å²) >= 11 is 0. The summed E-state index contributed by atoms with van der Waals surface area (Å²) in [6, 6.07) is 13.7. The van der Waals surface area contributed by atoms with E-state index >= 15 is 0 Å². The first-order chi connectivity index (χ1) is 12.8. The number of amides is 1. The van der Waals surface area contributed by atoms with E-state index in [0.29, 0.717) is 23.6 Å². The number of carbonyl (C=O) groups is 1. The highest BCUT2D eigenvalue weighted by molar-refractivity contribution is 5.95. The van der Waals surface area contributed by atoms with Crippen LogP contribution in [0.25, 0.3) is 0 Å². The van der Waals surface area contributed by atoms with Gasteiger partial charge in [-0.05, 0) is 24.3 Å². The van der Waals surface area contributed by atoms with Gasteiger partial charge >= 0.3 is 0 Å². The molecule has 1 amide bonds. The summed E-state index contributed by atoms with van der Waals surface area (Å²) in [5, 5.41) is 3.04. The number of ether oxygens (including phenoxy) is 2. The molecule has 0 aliphatic rings. The van der Waals surface area contributed by atoms with E-state index in [1.54, 1.807) is 32.4 Å². The second-order valence-corrected chi connectivity index (χ2v) is 6.93. The fourth-order valence-corrected chi connectivity index (χ4v) is 2.90. The number of benzene rings is 2. The maximum absolute atomic E-state index is 12.6. The Hall–Kier alpha value is -2.73. The first-order valence-electron chi connectivity index (χ1n) is 8.94. The number of nitrogens with zero attached hydrogens (tertiary/aromatic N) is 1. The van der Waals surface area contributed by atoms with Crippen molar-refractivity contribution in [3.05, 3.63) is 53.6 Å². The van der Waals surface area contributed by atoms with E-state index in [-0.39, 0.29) is 11.9 Å². The Balaban J connectivity index is 2.12. The van der Waals surface area contributed by atoms with Gasteiger partial charge in [0.1, 0.15) is 17.5 Å². The number of rotatable bonds is 8. The second-order valence-electron chi connectivity index (χ2n) is 6.93. The maximum atomic E-state index is 12.6. The molecule has 0 aromatic heterocycles. The van der Waals surface area contributed by atoms with Crippen LogP contribution in [-0.2, 0) is 0 Å². The molecule has 0 heterocycles. The predicted octanol–water partition coefficient (Wildman–Crippen LogP) is 1.39. The largest absolute Gasteiger partial charge is 0.497 e. The normalized spacial score (nSPS) is 11.8. The third-order valence-corrected chi connectivity index (χ3v) is 4.59. The number of hydrogen-bond acceptors (Lipinski definition) is 4. The maximum Gasteiger partial charge on any atom is 0.251 e. The average Bonchev–Trinajstić information content (AvgIpc) is 2.67. The van der Waals surface area contributed by atoms with Gasteiger partial charge in [0, 0.05) is 37.0 Å². The highest BCUT2D eigenvalue weighted by Crippen LogP contribution is 2.22. The third-order valence-electron chi connectivity index (χ3n) is 4.59. The topological polar surface area (TPSA) is 55.2 Å². The molecule has 0 aliphatic heterocycles. The van der Waals surface area contributed by atoms with E-state index in [0.717, 1.165) is 5.69 Å². The van der Waals surface area contributed by atoms with Crippen molar-refractivity contribution >= 4 is 11.6 Å². The molecule has 6 nitrogen and oxygen atoms in total. The van der Waals surface area contributed by atoms with Crippen molar-refractivity contribution in [3.8, 4) is 11.5 Å². The average molecular weight is 372 g/mol. The van der Waals surface area contributed by atoms with Gasteiger partial charge in [-0.2, -0.15) is 0 Å². The fraction of sp³-hybridized carbons (Fsp3) is 0.381. The van der Waals surface area contributed by atoms with Crippen LogP contribution in [0.2, 0.25) is 0 Å². The van der Waals surface area contributed by atoms with Gasteiger partial charge in [-0.15, -0.1) is 0 Å². The number of methoxy groups -OCH3 is 2. The molecule has 0 fully saturated rings. The molecule has 1 atom stereocenters. The zero-order valence-electron chi connectivity index (χ0n) is 17.0. The third kappa shape index (κ3) is 5.37. The Kier molecular flexibility index (Phi) is 7.07. The highest BCUT2D eigenvalue weighted by atomic mass is 16.5. The van der Waals surface area contributed by atoms with Crippen molar-refractivity contribution in [2.24, 2.45) is 0 Å². The van der Waals surface area contributed by atoms with E-state index in [2.05, 4.69) is 48.6 Å². The first-order valence-corrected chi connectivity index (χ1v) is 8.94. The number of quaternary nitrogens is 1. The summed E-state index contributed by atoms with van der Waals surface area (Å²) in [6.45, 7) is 0.530. The highest BCUT2D eigenvalue weighted by Gasteiger charge is 2.20. The molecule has 6 heteroatoms. The van der Waals surface area contributed by atoms with Crippen LogP contribution in [0, 0.1) is 0 Å². The number of hydrogen-bond donors (Lipinski definition) is 2. The van der Waals surface area contributed by atoms with Crippen LogP contribution in [0.4, 0.5) is 5.69 Å². The van der Waals surface area contributed by atoms with E-state index in [9.17, 15) is 4.79 Å². The van der Waals surface area contributed by atoms with Crippen LogP contribution < -0.4 is 24.6 Å². The summed E-state index contributed by atoms with van der Waals surface area (Å²) in [7, 11) is 11.4. The van der Waals surface area contributed by atoms with Crippen LogP contribution >= 0.6 is 0 Å². The van der Waals surface area contributed by atoms with Crippen molar-refractivity contribution in [1.29, 1.82) is 0 Å². The SMILES string of the molecule is COc1cc(OC)cc(C(=O)NC[C@@H](c2ccc(N(C)C)cc2)[NH+](C)C)c1. The molecule has 146 valence electrons. The lowest BCUT2D eigenvalue weighted by atomic mass is 10.0. The molecule has 27 heavy (non-hydrogen) atoms. The molecular formula is C21H30N3O3+. The molecule has 0 saturated carbocycles. The molecule has 0 spiro atoms. The monoisotopic (exact) mass is 372 g/mol. The molecule has 0 bridgehead atoms. The molecule has 2 aromatic carbocycles. The Morgan fingerprint density at radius 1 is 1.04 bits per heavy atom. The lowest BCUT2D eigenvalue weighted by molar-refractivity contribution is -0.890. The van der Waals surface area contributed by atoms with Crippen molar-refractivity contribution in [3.63, 3.8) is 0 Å². The van der Waals surface area contributed by atoms with Gasteiger partial charge in [0.25, 0.3) is 5.91 Å². The smallest absolute Gasteiger partial charge is 0.251 e. The van der Waals surface area contributed by atoms with Crippen LogP contribution in [0.5, 0.6) is 11.5 Å². The summed E-state index contributed by atoms with van der Waals surface area (Å²) in [5.74, 6) is 1.03. The molecule has 2 N–H and O–H groups in total. The van der Waals surface area contributed by atoms with Gasteiger partial charge in [-0.1, -0.05) is 12.1 Å². The van der Waals surface area contributed by atoms with Crippen molar-refractivity contribution in [1.82, 2.24) is 5.32 Å². The zero-order chi connectivity index (χ0) is 20.0. The Labute approximate surface area is 161 Å². The van der Waals surface area contributed by atoms with Gasteiger partial charge in [-0.25, -0.2) is 0 Å². The fourth-order valence-electron chi connectivity index (χ4n) is 2.90. The van der Waals surface area contributed by atoms with Crippen LogP contribution in [-0.4, -0.2) is 54.9 Å². The molecule has 0 saturated heterocycles. The van der Waals surface area contributed by atoms with Crippen LogP contribution in [0.1, 0.15) is 22.0 Å². The van der Waals surface area contributed by atoms with Gasteiger partial charge in [0.15, 0.2) is 0 Å². The standard InChI is InChI=1S/C21H29N3O3/c1-23(2)17-9-7-15(8-10-17)20(24(3)4)14-22-21(25)16-11-18(26-5)13-19(12-16)27-6/h7-13,20H,14H2,1-6H3,(H,22,25)/p+1/t20-/m0/s1. The van der Waals surface area contributed by atoms with Gasteiger partial charge in [0.2, 0.25) is 0 Å². The Morgan fingerprint density at radius 2 is 1.59 bits per heavy atom. The lowest BCUT2D eigenvalue weighted by Gasteiger charge is -2.23. The summed E-state index contributed by atoms with van der Waals surface area (Å²) in [6.07, 6.45) is 0.